The third-order valence-electron chi connectivity index (χ3n) is 5.11. The minimum atomic E-state index is -0.0830. The smallest absolute Gasteiger partial charge is 0.125 e. The molecule has 1 aromatic rings. The zero-order chi connectivity index (χ0) is 14.7. The number of benzene rings is 1. The fourth-order valence-electron chi connectivity index (χ4n) is 3.70. The lowest BCUT2D eigenvalue weighted by Gasteiger charge is -2.53. The van der Waals surface area contributed by atoms with Gasteiger partial charge in [-0.25, -0.2) is 0 Å². The first-order chi connectivity index (χ1) is 10.3. The minimum Gasteiger partial charge on any atom is -0.490 e. The normalized spacial score (nSPS) is 30.9. The molecule has 0 amide bonds. The van der Waals surface area contributed by atoms with Crippen LogP contribution in [0, 0.1) is 5.92 Å². The van der Waals surface area contributed by atoms with Crippen LogP contribution >= 0.6 is 0 Å². The molecule has 1 saturated carbocycles. The van der Waals surface area contributed by atoms with E-state index in [9.17, 15) is 0 Å². The predicted molar refractivity (Wildman–Crippen MR) is 85.9 cm³/mol. The summed E-state index contributed by atoms with van der Waals surface area (Å²) in [7, 11) is 1.85. The summed E-state index contributed by atoms with van der Waals surface area (Å²) in [5, 5.41) is 0. The molecule has 0 radical (unpaired) electrons. The van der Waals surface area contributed by atoms with E-state index >= 15 is 0 Å². The van der Waals surface area contributed by atoms with E-state index < -0.39 is 0 Å². The van der Waals surface area contributed by atoms with E-state index in [1.165, 1.54) is 31.2 Å². The molecule has 1 aliphatic carbocycles. The quantitative estimate of drug-likeness (QED) is 0.699. The van der Waals surface area contributed by atoms with E-state index in [1.807, 2.05) is 13.2 Å². The molecule has 0 aromatic heterocycles. The summed E-state index contributed by atoms with van der Waals surface area (Å²) in [4.78, 5) is 0. The summed E-state index contributed by atoms with van der Waals surface area (Å²) < 4.78 is 12.3. The minimum absolute atomic E-state index is 0.0830. The topological polar surface area (TPSA) is 18.5 Å². The maximum absolute atomic E-state index is 6.36. The van der Waals surface area contributed by atoms with Gasteiger partial charge in [-0.2, -0.15) is 0 Å². The second kappa shape index (κ2) is 6.23. The van der Waals surface area contributed by atoms with Crippen LogP contribution < -0.4 is 0 Å². The zero-order valence-electron chi connectivity index (χ0n) is 13.2. The first kappa shape index (κ1) is 14.6. The van der Waals surface area contributed by atoms with Gasteiger partial charge in [-0.05, 0) is 31.8 Å². The number of hydrogen-bond acceptors (Lipinski definition) is 2. The summed E-state index contributed by atoms with van der Waals surface area (Å²) in [6, 6.07) is 10.4. The molecule has 0 unspecified atom stereocenters. The molecule has 1 fully saturated rings. The van der Waals surface area contributed by atoms with Gasteiger partial charge >= 0.3 is 0 Å². The standard InChI is InChI=1S/C19H26O2/c1-3-4-6-11-17-16-12-13-19(16,20-2)14-18(21-17)15-9-7-5-8-10-15/h5,7-10,14,16-17H,3-4,6,11-13H2,1-2H3/t16-,17+,19-/m1/s1. The molecular formula is C19H26O2. The lowest BCUT2D eigenvalue weighted by Crippen LogP contribution is -2.55. The molecule has 2 aliphatic rings. The Labute approximate surface area is 128 Å². The highest BCUT2D eigenvalue weighted by molar-refractivity contribution is 5.62. The Morgan fingerprint density at radius 3 is 2.67 bits per heavy atom. The van der Waals surface area contributed by atoms with Crippen molar-refractivity contribution in [2.75, 3.05) is 7.11 Å². The Balaban J connectivity index is 1.82. The van der Waals surface area contributed by atoms with Crippen LogP contribution in [0.1, 0.15) is 51.0 Å². The fraction of sp³-hybridized carbons (Fsp3) is 0.579. The largest absolute Gasteiger partial charge is 0.490 e. The summed E-state index contributed by atoms with van der Waals surface area (Å²) in [5.74, 6) is 1.54. The van der Waals surface area contributed by atoms with Crippen LogP contribution in [-0.2, 0) is 9.47 Å². The van der Waals surface area contributed by atoms with Gasteiger partial charge in [0.2, 0.25) is 0 Å². The van der Waals surface area contributed by atoms with Crippen molar-refractivity contribution in [3.8, 4) is 0 Å². The van der Waals surface area contributed by atoms with Gasteiger partial charge in [0.1, 0.15) is 11.9 Å². The Kier molecular flexibility index (Phi) is 4.34. The van der Waals surface area contributed by atoms with Crippen molar-refractivity contribution in [3.63, 3.8) is 0 Å². The molecule has 114 valence electrons. The average Bonchev–Trinajstić information content (AvgIpc) is 2.50. The van der Waals surface area contributed by atoms with Gasteiger partial charge in [-0.15, -0.1) is 0 Å². The van der Waals surface area contributed by atoms with Crippen molar-refractivity contribution >= 4 is 5.76 Å². The highest BCUT2D eigenvalue weighted by Gasteiger charge is 2.53. The number of ether oxygens (including phenoxy) is 2. The molecule has 3 rings (SSSR count). The molecule has 1 aliphatic heterocycles. The molecule has 0 N–H and O–H groups in total. The van der Waals surface area contributed by atoms with E-state index in [0.29, 0.717) is 12.0 Å². The van der Waals surface area contributed by atoms with Crippen molar-refractivity contribution in [2.24, 2.45) is 5.92 Å². The summed E-state index contributed by atoms with van der Waals surface area (Å²) in [5.41, 5.74) is 1.08. The van der Waals surface area contributed by atoms with Crippen molar-refractivity contribution in [3.05, 3.63) is 42.0 Å². The SMILES string of the molecule is CCCCC[C@@H]1OC(c2ccccc2)=C[C@]2(OC)CC[C@H]12. The monoisotopic (exact) mass is 286 g/mol. The lowest BCUT2D eigenvalue weighted by atomic mass is 9.64. The van der Waals surface area contributed by atoms with Crippen LogP contribution in [0.25, 0.3) is 5.76 Å². The molecule has 0 spiro atoms. The van der Waals surface area contributed by atoms with Gasteiger partial charge in [-0.1, -0.05) is 50.1 Å². The van der Waals surface area contributed by atoms with Crippen LogP contribution in [0.4, 0.5) is 0 Å². The Hall–Kier alpha value is -1.28. The number of methoxy groups -OCH3 is 1. The van der Waals surface area contributed by atoms with E-state index in [0.717, 1.165) is 18.6 Å². The second-order valence-electron chi connectivity index (χ2n) is 6.33. The highest BCUT2D eigenvalue weighted by Crippen LogP contribution is 2.51. The van der Waals surface area contributed by atoms with Gasteiger partial charge in [0, 0.05) is 18.6 Å². The maximum Gasteiger partial charge on any atom is 0.125 e. The van der Waals surface area contributed by atoms with Gasteiger partial charge in [0.15, 0.2) is 0 Å². The predicted octanol–water partition coefficient (Wildman–Crippen LogP) is 4.80. The molecule has 0 saturated heterocycles. The zero-order valence-corrected chi connectivity index (χ0v) is 13.2. The molecule has 21 heavy (non-hydrogen) atoms. The molecule has 1 aromatic carbocycles. The van der Waals surface area contributed by atoms with E-state index in [2.05, 4.69) is 37.3 Å². The number of fused-ring (bicyclic) bond motifs is 1. The molecule has 1 heterocycles. The molecular weight excluding hydrogens is 260 g/mol. The van der Waals surface area contributed by atoms with Gasteiger partial charge in [-0.3, -0.25) is 0 Å². The van der Waals surface area contributed by atoms with Crippen molar-refractivity contribution in [2.45, 2.75) is 57.2 Å². The number of unbranched alkanes of at least 4 members (excludes halogenated alkanes) is 2. The molecule has 0 bridgehead atoms. The van der Waals surface area contributed by atoms with E-state index in [-0.39, 0.29) is 5.60 Å². The Morgan fingerprint density at radius 1 is 1.24 bits per heavy atom. The van der Waals surface area contributed by atoms with Crippen molar-refractivity contribution in [1.29, 1.82) is 0 Å². The third kappa shape index (κ3) is 2.74. The molecule has 3 atom stereocenters. The van der Waals surface area contributed by atoms with Crippen molar-refractivity contribution < 1.29 is 9.47 Å². The number of rotatable bonds is 6. The van der Waals surface area contributed by atoms with E-state index in [4.69, 9.17) is 9.47 Å². The summed E-state index contributed by atoms with van der Waals surface area (Å²) in [6.45, 7) is 2.25. The maximum atomic E-state index is 6.36. The van der Waals surface area contributed by atoms with Crippen LogP contribution in [-0.4, -0.2) is 18.8 Å². The fourth-order valence-corrected chi connectivity index (χ4v) is 3.70. The van der Waals surface area contributed by atoms with Crippen LogP contribution in [0.2, 0.25) is 0 Å². The Bertz CT molecular complexity index is 490. The molecule has 2 nitrogen and oxygen atoms in total. The van der Waals surface area contributed by atoms with Crippen molar-refractivity contribution in [1.82, 2.24) is 0 Å². The second-order valence-corrected chi connectivity index (χ2v) is 6.33. The summed E-state index contributed by atoms with van der Waals surface area (Å²) in [6.07, 6.45) is 9.83. The summed E-state index contributed by atoms with van der Waals surface area (Å²) >= 11 is 0. The average molecular weight is 286 g/mol. The van der Waals surface area contributed by atoms with Gasteiger partial charge in [0.25, 0.3) is 0 Å². The van der Waals surface area contributed by atoms with E-state index in [1.54, 1.807) is 0 Å². The highest BCUT2D eigenvalue weighted by atomic mass is 16.5. The third-order valence-corrected chi connectivity index (χ3v) is 5.11. The van der Waals surface area contributed by atoms with Crippen LogP contribution in [0.3, 0.4) is 0 Å². The van der Waals surface area contributed by atoms with Gasteiger partial charge in [0.05, 0.1) is 5.60 Å². The van der Waals surface area contributed by atoms with Crippen LogP contribution in [0.15, 0.2) is 36.4 Å². The Morgan fingerprint density at radius 2 is 2.05 bits per heavy atom. The van der Waals surface area contributed by atoms with Gasteiger partial charge < -0.3 is 9.47 Å². The lowest BCUT2D eigenvalue weighted by molar-refractivity contribution is -0.143. The first-order valence-corrected chi connectivity index (χ1v) is 8.29. The molecule has 2 heteroatoms. The van der Waals surface area contributed by atoms with Crippen LogP contribution in [0.5, 0.6) is 0 Å². The number of hydrogen-bond donors (Lipinski definition) is 0. The first-order valence-electron chi connectivity index (χ1n) is 8.29.